The van der Waals surface area contributed by atoms with Crippen molar-refractivity contribution in [2.24, 2.45) is 0 Å². The molecular formula is C24H21N3O3S2. The molecule has 0 saturated carbocycles. The second kappa shape index (κ2) is 10.3. The van der Waals surface area contributed by atoms with E-state index in [4.69, 9.17) is 4.74 Å². The molecule has 6 nitrogen and oxygen atoms in total. The largest absolute Gasteiger partial charge is 0.484 e. The molecule has 2 amide bonds. The quantitative estimate of drug-likeness (QED) is 0.344. The lowest BCUT2D eigenvalue weighted by molar-refractivity contribution is -0.118. The summed E-state index contributed by atoms with van der Waals surface area (Å²) < 4.78 is 7.21. The third kappa shape index (κ3) is 6.09. The van der Waals surface area contributed by atoms with Crippen molar-refractivity contribution in [3.8, 4) is 5.75 Å². The van der Waals surface area contributed by atoms with E-state index in [0.29, 0.717) is 11.4 Å². The second-order valence-electron chi connectivity index (χ2n) is 7.02. The van der Waals surface area contributed by atoms with Gasteiger partial charge in [-0.25, -0.2) is 4.98 Å². The molecule has 0 saturated heterocycles. The Hall–Kier alpha value is -3.36. The maximum absolute atomic E-state index is 12.2. The minimum absolute atomic E-state index is 0.0676. The van der Waals surface area contributed by atoms with Crippen molar-refractivity contribution in [3.05, 3.63) is 78.4 Å². The van der Waals surface area contributed by atoms with Crippen LogP contribution >= 0.6 is 23.1 Å². The number of fused-ring (bicyclic) bond motifs is 1. The Balaban J connectivity index is 1.31. The number of thiazole rings is 1. The van der Waals surface area contributed by atoms with Gasteiger partial charge in [-0.1, -0.05) is 42.1 Å². The summed E-state index contributed by atoms with van der Waals surface area (Å²) in [7, 11) is 0. The molecule has 0 bridgehead atoms. The topological polar surface area (TPSA) is 80.3 Å². The molecule has 0 aliphatic carbocycles. The SMILES string of the molecule is Cc1cccc(NC(=O)CSc2nc3ccc(NC(=O)COc4ccccc4)cc3s2)c1. The van der Waals surface area contributed by atoms with Crippen molar-refractivity contribution in [2.75, 3.05) is 23.0 Å². The number of nitrogens with one attached hydrogen (secondary N) is 2. The molecule has 2 N–H and O–H groups in total. The monoisotopic (exact) mass is 463 g/mol. The highest BCUT2D eigenvalue weighted by Crippen LogP contribution is 2.31. The van der Waals surface area contributed by atoms with E-state index in [9.17, 15) is 9.59 Å². The van der Waals surface area contributed by atoms with Gasteiger partial charge < -0.3 is 15.4 Å². The molecular weight excluding hydrogens is 442 g/mol. The molecule has 3 aromatic carbocycles. The van der Waals surface area contributed by atoms with Crippen LogP contribution < -0.4 is 15.4 Å². The van der Waals surface area contributed by atoms with E-state index in [1.54, 1.807) is 18.2 Å². The number of rotatable bonds is 8. The van der Waals surface area contributed by atoms with E-state index in [2.05, 4.69) is 15.6 Å². The molecule has 0 unspecified atom stereocenters. The standard InChI is InChI=1S/C24H21N3O3S2/c1-16-6-5-7-17(12-16)26-23(29)15-31-24-27-20-11-10-18(13-21(20)32-24)25-22(28)14-30-19-8-3-2-4-9-19/h2-13H,14-15H2,1H3,(H,25,28)(H,26,29). The Kier molecular flexibility index (Phi) is 7.03. The van der Waals surface area contributed by atoms with E-state index < -0.39 is 0 Å². The number of para-hydroxylation sites is 1. The maximum atomic E-state index is 12.2. The summed E-state index contributed by atoms with van der Waals surface area (Å²) in [4.78, 5) is 29.0. The van der Waals surface area contributed by atoms with E-state index in [-0.39, 0.29) is 24.2 Å². The predicted octanol–water partition coefficient (Wildman–Crippen LogP) is 5.35. The van der Waals surface area contributed by atoms with Crippen molar-refractivity contribution in [2.45, 2.75) is 11.3 Å². The first kappa shape index (κ1) is 21.9. The minimum Gasteiger partial charge on any atom is -0.484 e. The zero-order chi connectivity index (χ0) is 22.3. The fourth-order valence-electron chi connectivity index (χ4n) is 2.95. The van der Waals surface area contributed by atoms with Crippen LogP contribution in [0.15, 0.2) is 77.1 Å². The summed E-state index contributed by atoms with van der Waals surface area (Å²) in [5, 5.41) is 5.74. The molecule has 4 aromatic rings. The third-order valence-corrected chi connectivity index (χ3v) is 6.56. The van der Waals surface area contributed by atoms with Crippen LogP contribution in [0.3, 0.4) is 0 Å². The zero-order valence-electron chi connectivity index (χ0n) is 17.3. The fourth-order valence-corrected chi connectivity index (χ4v) is 4.86. The van der Waals surface area contributed by atoms with Gasteiger partial charge in [0, 0.05) is 11.4 Å². The van der Waals surface area contributed by atoms with Gasteiger partial charge in [0.15, 0.2) is 10.9 Å². The van der Waals surface area contributed by atoms with Crippen molar-refractivity contribution in [3.63, 3.8) is 0 Å². The first-order chi connectivity index (χ1) is 15.5. The molecule has 0 aliphatic rings. The summed E-state index contributed by atoms with van der Waals surface area (Å²) >= 11 is 2.88. The van der Waals surface area contributed by atoms with E-state index in [1.165, 1.54) is 23.1 Å². The normalized spacial score (nSPS) is 10.7. The van der Waals surface area contributed by atoms with Crippen LogP contribution in [-0.2, 0) is 9.59 Å². The number of nitrogens with zero attached hydrogens (tertiary/aromatic N) is 1. The molecule has 1 aromatic heterocycles. The Morgan fingerprint density at radius 2 is 1.72 bits per heavy atom. The molecule has 0 atom stereocenters. The van der Waals surface area contributed by atoms with Crippen LogP contribution in [0, 0.1) is 6.92 Å². The number of carbonyl (C=O) groups excluding carboxylic acids is 2. The molecule has 0 fully saturated rings. The number of ether oxygens (including phenoxy) is 1. The Morgan fingerprint density at radius 3 is 2.53 bits per heavy atom. The lowest BCUT2D eigenvalue weighted by Gasteiger charge is -2.07. The first-order valence-electron chi connectivity index (χ1n) is 9.93. The smallest absolute Gasteiger partial charge is 0.262 e. The molecule has 162 valence electrons. The number of aromatic nitrogens is 1. The number of carbonyl (C=O) groups is 2. The van der Waals surface area contributed by atoms with Gasteiger partial charge in [-0.3, -0.25) is 9.59 Å². The molecule has 0 aliphatic heterocycles. The van der Waals surface area contributed by atoms with Crippen LogP contribution in [0.5, 0.6) is 5.75 Å². The van der Waals surface area contributed by atoms with E-state index in [0.717, 1.165) is 25.8 Å². The van der Waals surface area contributed by atoms with Gasteiger partial charge in [-0.05, 0) is 55.0 Å². The van der Waals surface area contributed by atoms with Crippen molar-refractivity contribution in [1.29, 1.82) is 0 Å². The predicted molar refractivity (Wildman–Crippen MR) is 131 cm³/mol. The van der Waals surface area contributed by atoms with Crippen molar-refractivity contribution >= 4 is 56.5 Å². The number of thioether (sulfide) groups is 1. The summed E-state index contributed by atoms with van der Waals surface area (Å²) in [6.07, 6.45) is 0. The lowest BCUT2D eigenvalue weighted by atomic mass is 10.2. The van der Waals surface area contributed by atoms with Gasteiger partial charge in [0.1, 0.15) is 5.75 Å². The van der Waals surface area contributed by atoms with Crippen molar-refractivity contribution < 1.29 is 14.3 Å². The Morgan fingerprint density at radius 1 is 0.938 bits per heavy atom. The summed E-state index contributed by atoms with van der Waals surface area (Å²) in [6, 6.07) is 22.4. The minimum atomic E-state index is -0.236. The molecule has 8 heteroatoms. The number of anilines is 2. The van der Waals surface area contributed by atoms with Gasteiger partial charge in [0.05, 0.1) is 16.0 Å². The number of aryl methyl sites for hydroxylation is 1. The molecule has 32 heavy (non-hydrogen) atoms. The molecule has 0 spiro atoms. The Bertz CT molecular complexity index is 1240. The zero-order valence-corrected chi connectivity index (χ0v) is 19.0. The van der Waals surface area contributed by atoms with Crippen LogP contribution in [0.1, 0.15) is 5.56 Å². The van der Waals surface area contributed by atoms with Crippen LogP contribution in [0.4, 0.5) is 11.4 Å². The van der Waals surface area contributed by atoms with E-state index in [1.807, 2.05) is 61.5 Å². The van der Waals surface area contributed by atoms with Crippen LogP contribution in [0.2, 0.25) is 0 Å². The first-order valence-corrected chi connectivity index (χ1v) is 11.7. The summed E-state index contributed by atoms with van der Waals surface area (Å²) in [5.74, 6) is 0.605. The maximum Gasteiger partial charge on any atom is 0.262 e. The molecule has 4 rings (SSSR count). The van der Waals surface area contributed by atoms with Gasteiger partial charge in [0.25, 0.3) is 5.91 Å². The molecule has 1 heterocycles. The average Bonchev–Trinajstić information content (AvgIpc) is 3.19. The molecule has 0 radical (unpaired) electrons. The van der Waals surface area contributed by atoms with Crippen LogP contribution in [0.25, 0.3) is 10.2 Å². The van der Waals surface area contributed by atoms with E-state index >= 15 is 0 Å². The summed E-state index contributed by atoms with van der Waals surface area (Å²) in [5.41, 5.74) is 3.39. The van der Waals surface area contributed by atoms with Gasteiger partial charge in [-0.15, -0.1) is 11.3 Å². The second-order valence-corrected chi connectivity index (χ2v) is 9.27. The van der Waals surface area contributed by atoms with Crippen LogP contribution in [-0.4, -0.2) is 29.2 Å². The highest BCUT2D eigenvalue weighted by molar-refractivity contribution is 8.01. The van der Waals surface area contributed by atoms with Gasteiger partial charge in [-0.2, -0.15) is 0 Å². The summed E-state index contributed by atoms with van der Waals surface area (Å²) in [6.45, 7) is 1.92. The number of benzene rings is 3. The lowest BCUT2D eigenvalue weighted by Crippen LogP contribution is -2.20. The highest BCUT2D eigenvalue weighted by Gasteiger charge is 2.10. The third-order valence-electron chi connectivity index (χ3n) is 4.39. The van der Waals surface area contributed by atoms with Gasteiger partial charge in [0.2, 0.25) is 5.91 Å². The Labute approximate surface area is 194 Å². The fraction of sp³-hybridized carbons (Fsp3) is 0.125. The van der Waals surface area contributed by atoms with Crippen molar-refractivity contribution in [1.82, 2.24) is 4.98 Å². The highest BCUT2D eigenvalue weighted by atomic mass is 32.2. The van der Waals surface area contributed by atoms with Gasteiger partial charge >= 0.3 is 0 Å². The average molecular weight is 464 g/mol. The number of hydrogen-bond donors (Lipinski definition) is 2. The number of amides is 2. The number of hydrogen-bond acceptors (Lipinski definition) is 6.